The van der Waals surface area contributed by atoms with Crippen LogP contribution in [0.3, 0.4) is 0 Å². The lowest BCUT2D eigenvalue weighted by Gasteiger charge is -2.12. The summed E-state index contributed by atoms with van der Waals surface area (Å²) in [7, 11) is 0. The molecule has 0 radical (unpaired) electrons. The van der Waals surface area contributed by atoms with Gasteiger partial charge >= 0.3 is 11.8 Å². The number of benzene rings is 2. The fourth-order valence-corrected chi connectivity index (χ4v) is 2.64. The Labute approximate surface area is 128 Å². The third kappa shape index (κ3) is 2.98. The molecule has 2 amide bonds. The van der Waals surface area contributed by atoms with Gasteiger partial charge in [-0.2, -0.15) is 5.10 Å². The molecule has 1 fully saturated rings. The molecule has 0 saturated carbocycles. The van der Waals surface area contributed by atoms with Gasteiger partial charge in [-0.15, -0.1) is 0 Å². The van der Waals surface area contributed by atoms with Gasteiger partial charge in [0.25, 0.3) is 0 Å². The largest absolute Gasteiger partial charge is 0.334 e. The molecule has 1 aliphatic rings. The first-order chi connectivity index (χ1) is 10.8. The Bertz CT molecular complexity index is 728. The van der Waals surface area contributed by atoms with Crippen LogP contribution in [-0.2, 0) is 9.59 Å². The number of nitrogens with one attached hydrogen (secondary N) is 1. The summed E-state index contributed by atoms with van der Waals surface area (Å²) in [6.07, 6.45) is 3.48. The van der Waals surface area contributed by atoms with Crippen LogP contribution >= 0.6 is 0 Å². The maximum Gasteiger partial charge on any atom is 0.329 e. The monoisotopic (exact) mass is 295 g/mol. The molecular formula is C17H17N3O2. The Kier molecular flexibility index (Phi) is 4.14. The average molecular weight is 295 g/mol. The predicted octanol–water partition coefficient (Wildman–Crippen LogP) is 1.91. The molecule has 1 N–H and O–H groups in total. The highest BCUT2D eigenvalue weighted by Gasteiger charge is 2.23. The number of hydrazone groups is 1. The summed E-state index contributed by atoms with van der Waals surface area (Å²) in [5.74, 6) is -1.19. The lowest BCUT2D eigenvalue weighted by Crippen LogP contribution is -2.39. The van der Waals surface area contributed by atoms with Crippen LogP contribution in [0.4, 0.5) is 0 Å². The molecule has 0 bridgehead atoms. The van der Waals surface area contributed by atoms with E-state index < -0.39 is 11.8 Å². The maximum atomic E-state index is 11.8. The lowest BCUT2D eigenvalue weighted by atomic mass is 10.1. The Morgan fingerprint density at radius 2 is 1.77 bits per heavy atom. The Hall–Kier alpha value is -2.69. The van der Waals surface area contributed by atoms with Crippen LogP contribution in [0, 0.1) is 0 Å². The number of rotatable bonds is 2. The van der Waals surface area contributed by atoms with Crippen LogP contribution in [0.15, 0.2) is 47.6 Å². The van der Waals surface area contributed by atoms with Crippen molar-refractivity contribution >= 4 is 28.8 Å². The van der Waals surface area contributed by atoms with Crippen molar-refractivity contribution in [3.8, 4) is 0 Å². The molecule has 1 saturated heterocycles. The fraction of sp³-hybridized carbons (Fsp3) is 0.235. The highest BCUT2D eigenvalue weighted by Crippen LogP contribution is 2.16. The lowest BCUT2D eigenvalue weighted by molar-refractivity contribution is -0.145. The van der Waals surface area contributed by atoms with E-state index in [-0.39, 0.29) is 0 Å². The van der Waals surface area contributed by atoms with Crippen molar-refractivity contribution in [3.63, 3.8) is 0 Å². The molecule has 0 spiro atoms. The second-order valence-corrected chi connectivity index (χ2v) is 5.27. The van der Waals surface area contributed by atoms with E-state index in [4.69, 9.17) is 0 Å². The minimum atomic E-state index is -0.682. The van der Waals surface area contributed by atoms with Crippen LogP contribution in [0.2, 0.25) is 0 Å². The quantitative estimate of drug-likeness (QED) is 0.522. The summed E-state index contributed by atoms with van der Waals surface area (Å²) < 4.78 is 0. The molecule has 0 unspecified atom stereocenters. The van der Waals surface area contributed by atoms with Gasteiger partial charge in [-0.25, -0.2) is 5.43 Å². The number of hydrogen-bond acceptors (Lipinski definition) is 3. The highest BCUT2D eigenvalue weighted by atomic mass is 16.2. The van der Waals surface area contributed by atoms with E-state index in [9.17, 15) is 9.59 Å². The summed E-state index contributed by atoms with van der Waals surface area (Å²) >= 11 is 0. The topological polar surface area (TPSA) is 61.8 Å². The van der Waals surface area contributed by atoms with Gasteiger partial charge in [0.1, 0.15) is 0 Å². The summed E-state index contributed by atoms with van der Waals surface area (Å²) in [4.78, 5) is 25.2. The number of carbonyl (C=O) groups excluding carboxylic acids is 2. The van der Waals surface area contributed by atoms with E-state index >= 15 is 0 Å². The number of nitrogens with zero attached hydrogens (tertiary/aromatic N) is 2. The second kappa shape index (κ2) is 6.39. The van der Waals surface area contributed by atoms with E-state index in [0.717, 1.165) is 29.2 Å². The van der Waals surface area contributed by atoms with E-state index in [1.165, 1.54) is 0 Å². The van der Waals surface area contributed by atoms with Crippen molar-refractivity contribution in [3.05, 3.63) is 48.0 Å². The zero-order valence-electron chi connectivity index (χ0n) is 12.2. The zero-order valence-corrected chi connectivity index (χ0v) is 12.2. The zero-order chi connectivity index (χ0) is 15.4. The number of likely N-dealkylation sites (tertiary alicyclic amines) is 1. The van der Waals surface area contributed by atoms with Crippen LogP contribution in [-0.4, -0.2) is 36.0 Å². The number of carbonyl (C=O) groups is 2. The molecule has 0 atom stereocenters. The van der Waals surface area contributed by atoms with Crippen molar-refractivity contribution in [2.24, 2.45) is 5.10 Å². The van der Waals surface area contributed by atoms with Crippen molar-refractivity contribution in [2.45, 2.75) is 12.8 Å². The standard InChI is InChI=1S/C17H17N3O2/c21-16(17(22)20-10-3-4-11-20)19-18-12-14-8-5-7-13-6-1-2-9-15(13)14/h1-2,5-9,12H,3-4,10-11H2,(H,19,21)/b18-12-. The van der Waals surface area contributed by atoms with Gasteiger partial charge in [-0.1, -0.05) is 42.5 Å². The van der Waals surface area contributed by atoms with E-state index in [1.54, 1.807) is 11.1 Å². The highest BCUT2D eigenvalue weighted by molar-refractivity contribution is 6.35. The molecule has 3 rings (SSSR count). The van der Waals surface area contributed by atoms with Crippen LogP contribution in [0.25, 0.3) is 10.8 Å². The SMILES string of the molecule is O=C(N/N=C\c1cccc2ccccc12)C(=O)N1CCCC1. The molecule has 5 nitrogen and oxygen atoms in total. The number of hydrogen-bond donors (Lipinski definition) is 1. The van der Waals surface area contributed by atoms with Gasteiger partial charge in [-0.05, 0) is 23.6 Å². The minimum absolute atomic E-state index is 0.507. The maximum absolute atomic E-state index is 11.8. The molecule has 0 aromatic heterocycles. The average Bonchev–Trinajstić information content (AvgIpc) is 3.08. The van der Waals surface area contributed by atoms with Gasteiger partial charge in [-0.3, -0.25) is 9.59 Å². The molecule has 2 aromatic carbocycles. The fourth-order valence-electron chi connectivity index (χ4n) is 2.64. The first-order valence-corrected chi connectivity index (χ1v) is 7.36. The van der Waals surface area contributed by atoms with Crippen molar-refractivity contribution in [1.82, 2.24) is 10.3 Å². The first kappa shape index (κ1) is 14.3. The van der Waals surface area contributed by atoms with Gasteiger partial charge in [0, 0.05) is 18.7 Å². The Morgan fingerprint density at radius 3 is 2.59 bits per heavy atom. The molecular weight excluding hydrogens is 278 g/mol. The summed E-state index contributed by atoms with van der Waals surface area (Å²) in [5.41, 5.74) is 3.21. The summed E-state index contributed by atoms with van der Waals surface area (Å²) in [6, 6.07) is 13.8. The van der Waals surface area contributed by atoms with Gasteiger partial charge in [0.05, 0.1) is 6.21 Å². The normalized spacial score (nSPS) is 14.6. The third-order valence-electron chi connectivity index (χ3n) is 3.78. The summed E-state index contributed by atoms with van der Waals surface area (Å²) in [6.45, 7) is 1.30. The first-order valence-electron chi connectivity index (χ1n) is 7.36. The van der Waals surface area contributed by atoms with Crippen LogP contribution < -0.4 is 5.43 Å². The molecule has 5 heteroatoms. The van der Waals surface area contributed by atoms with Crippen molar-refractivity contribution in [2.75, 3.05) is 13.1 Å². The number of amides is 2. The smallest absolute Gasteiger partial charge is 0.329 e. The molecule has 2 aromatic rings. The van der Waals surface area contributed by atoms with E-state index in [0.29, 0.717) is 13.1 Å². The van der Waals surface area contributed by atoms with Crippen molar-refractivity contribution < 1.29 is 9.59 Å². The van der Waals surface area contributed by atoms with E-state index in [1.807, 2.05) is 42.5 Å². The predicted molar refractivity (Wildman–Crippen MR) is 85.5 cm³/mol. The summed E-state index contributed by atoms with van der Waals surface area (Å²) in [5, 5.41) is 6.06. The number of fused-ring (bicyclic) bond motifs is 1. The van der Waals surface area contributed by atoms with Crippen LogP contribution in [0.5, 0.6) is 0 Å². The van der Waals surface area contributed by atoms with Gasteiger partial charge in [0.2, 0.25) is 0 Å². The molecule has 0 aliphatic carbocycles. The van der Waals surface area contributed by atoms with Gasteiger partial charge < -0.3 is 4.90 Å². The van der Waals surface area contributed by atoms with Gasteiger partial charge in [0.15, 0.2) is 0 Å². The molecule has 1 heterocycles. The Balaban J connectivity index is 1.68. The molecule has 1 aliphatic heterocycles. The molecule has 112 valence electrons. The van der Waals surface area contributed by atoms with E-state index in [2.05, 4.69) is 10.5 Å². The third-order valence-corrected chi connectivity index (χ3v) is 3.78. The molecule has 22 heavy (non-hydrogen) atoms. The van der Waals surface area contributed by atoms with Crippen LogP contribution in [0.1, 0.15) is 18.4 Å². The second-order valence-electron chi connectivity index (χ2n) is 5.27. The minimum Gasteiger partial charge on any atom is -0.334 e. The Morgan fingerprint density at radius 1 is 1.05 bits per heavy atom. The van der Waals surface area contributed by atoms with Crippen molar-refractivity contribution in [1.29, 1.82) is 0 Å².